The van der Waals surface area contributed by atoms with Crippen molar-refractivity contribution in [2.45, 2.75) is 13.0 Å². The lowest BCUT2D eigenvalue weighted by molar-refractivity contribution is 0.0947. The summed E-state index contributed by atoms with van der Waals surface area (Å²) in [6, 6.07) is 7.41. The zero-order chi connectivity index (χ0) is 18.5. The normalized spacial score (nSPS) is 12.9. The van der Waals surface area contributed by atoms with Gasteiger partial charge < -0.3 is 20.5 Å². The molecule has 8 nitrogen and oxygen atoms in total. The summed E-state index contributed by atoms with van der Waals surface area (Å²) in [5.41, 5.74) is 8.48. The van der Waals surface area contributed by atoms with E-state index in [-0.39, 0.29) is 11.7 Å². The van der Waals surface area contributed by atoms with Crippen LogP contribution in [0.3, 0.4) is 0 Å². The summed E-state index contributed by atoms with van der Waals surface area (Å²) in [5, 5.41) is 9.81. The van der Waals surface area contributed by atoms with Crippen LogP contribution in [0.15, 0.2) is 35.5 Å². The van der Waals surface area contributed by atoms with Crippen molar-refractivity contribution in [3.05, 3.63) is 52.8 Å². The fourth-order valence-electron chi connectivity index (χ4n) is 2.68. The van der Waals surface area contributed by atoms with Crippen molar-refractivity contribution in [3.8, 4) is 11.5 Å². The Morgan fingerprint density at radius 3 is 3.12 bits per heavy atom. The Bertz CT molecular complexity index is 879. The summed E-state index contributed by atoms with van der Waals surface area (Å²) < 4.78 is 10.7. The molecule has 2 aromatic rings. The first-order valence-corrected chi connectivity index (χ1v) is 8.01. The third-order valence-electron chi connectivity index (χ3n) is 4.00. The van der Waals surface area contributed by atoms with Crippen molar-refractivity contribution in [1.82, 2.24) is 10.3 Å². The molecule has 134 valence electrons. The Balaban J connectivity index is 1.73. The molecule has 3 rings (SSSR count). The second-order valence-electron chi connectivity index (χ2n) is 5.64. The van der Waals surface area contributed by atoms with Gasteiger partial charge in [-0.25, -0.2) is 4.99 Å². The van der Waals surface area contributed by atoms with Crippen LogP contribution in [0.4, 0.5) is 0 Å². The first-order chi connectivity index (χ1) is 12.6. The van der Waals surface area contributed by atoms with E-state index in [4.69, 9.17) is 20.6 Å². The van der Waals surface area contributed by atoms with Crippen LogP contribution in [0, 0.1) is 5.41 Å². The first kappa shape index (κ1) is 17.4. The van der Waals surface area contributed by atoms with Crippen LogP contribution in [-0.4, -0.2) is 36.8 Å². The van der Waals surface area contributed by atoms with Gasteiger partial charge in [0.05, 0.1) is 19.3 Å². The molecule has 1 aliphatic heterocycles. The van der Waals surface area contributed by atoms with Crippen LogP contribution in [-0.2, 0) is 13.0 Å². The molecule has 0 unspecified atom stereocenters. The smallest absolute Gasteiger partial charge is 0.256 e. The number of carbonyl (C=O) groups excluding carboxylic acids is 1. The van der Waals surface area contributed by atoms with Crippen LogP contribution >= 0.6 is 0 Å². The molecule has 8 heteroatoms. The second kappa shape index (κ2) is 7.64. The fourth-order valence-corrected chi connectivity index (χ4v) is 2.68. The van der Waals surface area contributed by atoms with Gasteiger partial charge in [0.2, 0.25) is 0 Å². The Kier molecular flexibility index (Phi) is 5.12. The highest BCUT2D eigenvalue weighted by molar-refractivity contribution is 6.01. The Morgan fingerprint density at radius 1 is 1.50 bits per heavy atom. The number of hydrogen-bond acceptors (Lipinski definition) is 5. The molecule has 1 aromatic heterocycles. The summed E-state index contributed by atoms with van der Waals surface area (Å²) in [7, 11) is 1.46. The van der Waals surface area contributed by atoms with Gasteiger partial charge in [-0.15, -0.1) is 0 Å². The maximum atomic E-state index is 12.5. The molecule has 1 amide bonds. The number of methoxy groups -OCH3 is 1. The van der Waals surface area contributed by atoms with Crippen LogP contribution in [0.5, 0.6) is 11.5 Å². The first-order valence-electron chi connectivity index (χ1n) is 8.01. The number of nitrogens with two attached hydrogens (primary N) is 1. The van der Waals surface area contributed by atoms with E-state index in [2.05, 4.69) is 15.3 Å². The number of amides is 1. The van der Waals surface area contributed by atoms with E-state index in [1.165, 1.54) is 19.4 Å². The summed E-state index contributed by atoms with van der Waals surface area (Å²) in [6.45, 7) is 1.08. The summed E-state index contributed by atoms with van der Waals surface area (Å²) in [6.07, 6.45) is 3.09. The number of amidine groups is 1. The molecule has 4 N–H and O–H groups in total. The highest BCUT2D eigenvalue weighted by Crippen LogP contribution is 2.26. The number of hydrogen-bond donors (Lipinski definition) is 3. The molecular weight excluding hydrogens is 334 g/mol. The van der Waals surface area contributed by atoms with Gasteiger partial charge in [-0.3, -0.25) is 15.2 Å². The molecule has 1 aromatic carbocycles. The molecule has 0 atom stereocenters. The van der Waals surface area contributed by atoms with E-state index < -0.39 is 0 Å². The van der Waals surface area contributed by atoms with Gasteiger partial charge in [0, 0.05) is 25.2 Å². The highest BCUT2D eigenvalue weighted by atomic mass is 16.5. The van der Waals surface area contributed by atoms with Crippen molar-refractivity contribution in [1.29, 1.82) is 5.41 Å². The predicted octanol–water partition coefficient (Wildman–Crippen LogP) is 1.27. The van der Waals surface area contributed by atoms with Crippen molar-refractivity contribution in [2.75, 3.05) is 13.7 Å². The topological polar surface area (TPSA) is 123 Å². The lowest BCUT2D eigenvalue weighted by atomic mass is 10.1. The average molecular weight is 353 g/mol. The SMILES string of the molecule is COc1cc(C(N)=NC=N)ncc1C(=O)NCc1ccc2c(c1)CCO2. The summed E-state index contributed by atoms with van der Waals surface area (Å²) in [5.74, 6) is 1.01. The molecule has 0 aliphatic carbocycles. The second-order valence-corrected chi connectivity index (χ2v) is 5.64. The zero-order valence-electron chi connectivity index (χ0n) is 14.3. The number of aliphatic imine (C=N–C) groups is 1. The number of nitrogens with one attached hydrogen (secondary N) is 2. The lowest BCUT2D eigenvalue weighted by Crippen LogP contribution is -2.24. The maximum Gasteiger partial charge on any atom is 0.256 e. The van der Waals surface area contributed by atoms with E-state index >= 15 is 0 Å². The van der Waals surface area contributed by atoms with Crippen molar-refractivity contribution in [2.24, 2.45) is 10.7 Å². The predicted molar refractivity (Wildman–Crippen MR) is 97.1 cm³/mol. The third-order valence-corrected chi connectivity index (χ3v) is 4.00. The minimum absolute atomic E-state index is 0.0746. The van der Waals surface area contributed by atoms with Crippen molar-refractivity contribution < 1.29 is 14.3 Å². The molecule has 1 aliphatic rings. The highest BCUT2D eigenvalue weighted by Gasteiger charge is 2.16. The van der Waals surface area contributed by atoms with Gasteiger partial charge >= 0.3 is 0 Å². The van der Waals surface area contributed by atoms with Crippen LogP contribution in [0.2, 0.25) is 0 Å². The minimum atomic E-state index is -0.305. The summed E-state index contributed by atoms with van der Waals surface area (Å²) in [4.78, 5) is 20.3. The van der Waals surface area contributed by atoms with Gasteiger partial charge in [0.25, 0.3) is 5.91 Å². The molecule has 26 heavy (non-hydrogen) atoms. The standard InChI is InChI=1S/C18H19N5O3/c1-25-16-7-14(17(20)23-10-19)21-9-13(16)18(24)22-8-11-2-3-15-12(6-11)4-5-26-15/h2-3,6-7,9-10H,4-5,8H2,1H3,(H,22,24)(H3,19,20,23). The maximum absolute atomic E-state index is 12.5. The number of pyridine rings is 1. The minimum Gasteiger partial charge on any atom is -0.496 e. The zero-order valence-corrected chi connectivity index (χ0v) is 14.3. The molecule has 0 saturated carbocycles. The Morgan fingerprint density at radius 2 is 2.35 bits per heavy atom. The van der Waals surface area contributed by atoms with Gasteiger partial charge in [-0.1, -0.05) is 12.1 Å². The van der Waals surface area contributed by atoms with Crippen molar-refractivity contribution in [3.63, 3.8) is 0 Å². The van der Waals surface area contributed by atoms with Crippen LogP contribution in [0.25, 0.3) is 0 Å². The van der Waals surface area contributed by atoms with E-state index in [0.29, 0.717) is 30.2 Å². The van der Waals surface area contributed by atoms with Gasteiger partial charge in [0.1, 0.15) is 23.5 Å². The van der Waals surface area contributed by atoms with E-state index in [1.54, 1.807) is 0 Å². The monoisotopic (exact) mass is 353 g/mol. The van der Waals surface area contributed by atoms with E-state index in [0.717, 1.165) is 29.6 Å². The number of carbonyl (C=O) groups is 1. The number of rotatable bonds is 6. The van der Waals surface area contributed by atoms with E-state index in [1.807, 2.05) is 18.2 Å². The number of aromatic nitrogens is 1. The molecule has 2 heterocycles. The molecule has 0 bridgehead atoms. The average Bonchev–Trinajstić information content (AvgIpc) is 3.13. The number of nitrogens with zero attached hydrogens (tertiary/aromatic N) is 2. The summed E-state index contributed by atoms with van der Waals surface area (Å²) >= 11 is 0. The molecular formula is C18H19N5O3. The van der Waals surface area contributed by atoms with Gasteiger partial charge in [0.15, 0.2) is 5.84 Å². The molecule has 0 radical (unpaired) electrons. The largest absolute Gasteiger partial charge is 0.496 e. The number of fused-ring (bicyclic) bond motifs is 1. The lowest BCUT2D eigenvalue weighted by Gasteiger charge is -2.11. The van der Waals surface area contributed by atoms with Gasteiger partial charge in [-0.2, -0.15) is 0 Å². The van der Waals surface area contributed by atoms with Crippen molar-refractivity contribution >= 4 is 18.1 Å². The fraction of sp³-hybridized carbons (Fsp3) is 0.222. The molecule has 0 spiro atoms. The van der Waals surface area contributed by atoms with Crippen LogP contribution < -0.4 is 20.5 Å². The Hall–Kier alpha value is -3.42. The van der Waals surface area contributed by atoms with Gasteiger partial charge in [-0.05, 0) is 17.2 Å². The molecule has 0 fully saturated rings. The molecule has 0 saturated heterocycles. The quantitative estimate of drug-likeness (QED) is 0.533. The number of benzene rings is 1. The Labute approximate surface area is 150 Å². The third kappa shape index (κ3) is 3.64. The van der Waals surface area contributed by atoms with E-state index in [9.17, 15) is 4.79 Å². The van der Waals surface area contributed by atoms with Crippen LogP contribution in [0.1, 0.15) is 27.2 Å². The number of ether oxygens (including phenoxy) is 2.